The second-order valence-corrected chi connectivity index (χ2v) is 6.52. The highest BCUT2D eigenvalue weighted by molar-refractivity contribution is 7.89. The second kappa shape index (κ2) is 7.02. The van der Waals surface area contributed by atoms with Crippen molar-refractivity contribution in [2.75, 3.05) is 13.7 Å². The van der Waals surface area contributed by atoms with Crippen molar-refractivity contribution in [1.82, 2.24) is 4.90 Å². The third-order valence-electron chi connectivity index (χ3n) is 3.15. The maximum absolute atomic E-state index is 12.4. The number of ether oxygens (including phenoxy) is 1. The molecule has 1 amide bonds. The number of amides is 1. The minimum absolute atomic E-state index is 0.0269. The van der Waals surface area contributed by atoms with Crippen LogP contribution in [0.25, 0.3) is 0 Å². The first-order valence-corrected chi connectivity index (χ1v) is 8.22. The summed E-state index contributed by atoms with van der Waals surface area (Å²) < 4.78 is 28.3. The second-order valence-electron chi connectivity index (χ2n) is 4.99. The van der Waals surface area contributed by atoms with Crippen molar-refractivity contribution in [2.24, 2.45) is 5.14 Å². The third-order valence-corrected chi connectivity index (χ3v) is 4.14. The Morgan fingerprint density at radius 2 is 2.00 bits per heavy atom. The molecule has 0 saturated heterocycles. The number of sulfonamides is 1. The quantitative estimate of drug-likeness (QED) is 0.858. The van der Waals surface area contributed by atoms with E-state index in [2.05, 4.69) is 0 Å². The first-order chi connectivity index (χ1) is 9.72. The number of carbonyl (C=O) groups excluding carboxylic acids is 1. The standard InChI is InChI=1S/C14H22N2O4S/c1-5-16(10(2)3)14(17)11-6-7-12(9-20-4)13(8-11)21(15,18)19/h6-8,10H,5,9H2,1-4H3,(H2,15,18,19). The summed E-state index contributed by atoms with van der Waals surface area (Å²) in [6.07, 6.45) is 0. The van der Waals surface area contributed by atoms with E-state index in [1.54, 1.807) is 17.0 Å². The zero-order chi connectivity index (χ0) is 16.2. The largest absolute Gasteiger partial charge is 0.380 e. The van der Waals surface area contributed by atoms with Crippen LogP contribution in [0.3, 0.4) is 0 Å². The highest BCUT2D eigenvalue weighted by Gasteiger charge is 2.21. The third kappa shape index (κ3) is 4.26. The number of nitrogens with two attached hydrogens (primary N) is 1. The van der Waals surface area contributed by atoms with Crippen molar-refractivity contribution in [3.05, 3.63) is 29.3 Å². The van der Waals surface area contributed by atoms with E-state index < -0.39 is 10.0 Å². The molecular formula is C14H22N2O4S. The summed E-state index contributed by atoms with van der Waals surface area (Å²) in [5.41, 5.74) is 0.735. The van der Waals surface area contributed by atoms with E-state index in [4.69, 9.17) is 9.88 Å². The maximum Gasteiger partial charge on any atom is 0.254 e. The molecule has 0 saturated carbocycles. The monoisotopic (exact) mass is 314 g/mol. The predicted molar refractivity (Wildman–Crippen MR) is 80.4 cm³/mol. The fourth-order valence-corrected chi connectivity index (χ4v) is 2.92. The molecule has 2 N–H and O–H groups in total. The molecule has 0 unspecified atom stereocenters. The fraction of sp³-hybridized carbons (Fsp3) is 0.500. The summed E-state index contributed by atoms with van der Waals surface area (Å²) in [6.45, 7) is 6.34. The van der Waals surface area contributed by atoms with Gasteiger partial charge in [0, 0.05) is 25.3 Å². The molecule has 0 radical (unpaired) electrons. The number of nitrogens with zero attached hydrogens (tertiary/aromatic N) is 1. The summed E-state index contributed by atoms with van der Waals surface area (Å²) in [5, 5.41) is 5.22. The molecule has 0 heterocycles. The lowest BCUT2D eigenvalue weighted by Crippen LogP contribution is -2.36. The van der Waals surface area contributed by atoms with Crippen LogP contribution in [0.15, 0.2) is 23.1 Å². The van der Waals surface area contributed by atoms with Gasteiger partial charge in [-0.2, -0.15) is 0 Å². The number of hydrogen-bond donors (Lipinski definition) is 1. The molecule has 118 valence electrons. The molecular weight excluding hydrogens is 292 g/mol. The lowest BCUT2D eigenvalue weighted by atomic mass is 10.1. The molecule has 1 aromatic rings. The van der Waals surface area contributed by atoms with Crippen LogP contribution in [0, 0.1) is 0 Å². The highest BCUT2D eigenvalue weighted by Crippen LogP contribution is 2.19. The molecule has 21 heavy (non-hydrogen) atoms. The van der Waals surface area contributed by atoms with Crippen LogP contribution in [-0.2, 0) is 21.4 Å². The molecule has 6 nitrogen and oxygen atoms in total. The van der Waals surface area contributed by atoms with Gasteiger partial charge in [-0.15, -0.1) is 0 Å². The molecule has 0 aliphatic carbocycles. The molecule has 0 aliphatic rings. The van der Waals surface area contributed by atoms with E-state index in [1.807, 2.05) is 20.8 Å². The molecule has 1 aromatic carbocycles. The van der Waals surface area contributed by atoms with Crippen LogP contribution in [0.4, 0.5) is 0 Å². The maximum atomic E-state index is 12.4. The van der Waals surface area contributed by atoms with E-state index in [9.17, 15) is 13.2 Å². The minimum atomic E-state index is -3.92. The Morgan fingerprint density at radius 1 is 1.38 bits per heavy atom. The molecule has 0 aromatic heterocycles. The number of methoxy groups -OCH3 is 1. The van der Waals surface area contributed by atoms with E-state index in [1.165, 1.54) is 13.2 Å². The van der Waals surface area contributed by atoms with E-state index in [0.29, 0.717) is 17.7 Å². The molecule has 0 spiro atoms. The molecule has 0 atom stereocenters. The molecule has 0 bridgehead atoms. The normalized spacial score (nSPS) is 11.7. The van der Waals surface area contributed by atoms with Gasteiger partial charge in [-0.3, -0.25) is 4.79 Å². The zero-order valence-electron chi connectivity index (χ0n) is 12.8. The smallest absolute Gasteiger partial charge is 0.254 e. The number of benzene rings is 1. The number of primary sulfonamides is 1. The Kier molecular flexibility index (Phi) is 5.88. The molecule has 1 rings (SSSR count). The van der Waals surface area contributed by atoms with Gasteiger partial charge in [0.25, 0.3) is 5.91 Å². The number of rotatable bonds is 6. The van der Waals surface area contributed by atoms with Crippen molar-refractivity contribution >= 4 is 15.9 Å². The van der Waals surface area contributed by atoms with Crippen LogP contribution < -0.4 is 5.14 Å². The fourth-order valence-electron chi connectivity index (χ4n) is 2.14. The molecule has 7 heteroatoms. The first-order valence-electron chi connectivity index (χ1n) is 6.68. The van der Waals surface area contributed by atoms with E-state index >= 15 is 0 Å². The van der Waals surface area contributed by atoms with Gasteiger partial charge in [0.2, 0.25) is 10.0 Å². The van der Waals surface area contributed by atoms with Gasteiger partial charge >= 0.3 is 0 Å². The van der Waals surface area contributed by atoms with Crippen LogP contribution in [0.1, 0.15) is 36.7 Å². The van der Waals surface area contributed by atoms with Gasteiger partial charge in [-0.25, -0.2) is 13.6 Å². The predicted octanol–water partition coefficient (Wildman–Crippen LogP) is 1.35. The first kappa shape index (κ1) is 17.6. The topological polar surface area (TPSA) is 89.7 Å². The Labute approximate surface area is 125 Å². The van der Waals surface area contributed by atoms with E-state index in [0.717, 1.165) is 0 Å². The van der Waals surface area contributed by atoms with Crippen molar-refractivity contribution in [2.45, 2.75) is 38.3 Å². The summed E-state index contributed by atoms with van der Waals surface area (Å²) in [7, 11) is -2.45. The number of carbonyl (C=O) groups is 1. The average molecular weight is 314 g/mol. The lowest BCUT2D eigenvalue weighted by molar-refractivity contribution is 0.0716. The minimum Gasteiger partial charge on any atom is -0.380 e. The van der Waals surface area contributed by atoms with Gasteiger partial charge in [0.05, 0.1) is 11.5 Å². The van der Waals surface area contributed by atoms with Crippen molar-refractivity contribution < 1.29 is 17.9 Å². The Bertz CT molecular complexity index is 611. The SMILES string of the molecule is CCN(C(=O)c1ccc(COC)c(S(N)(=O)=O)c1)C(C)C. The lowest BCUT2D eigenvalue weighted by Gasteiger charge is -2.25. The van der Waals surface area contributed by atoms with Crippen LogP contribution in [0.5, 0.6) is 0 Å². The van der Waals surface area contributed by atoms with Gasteiger partial charge in [-0.05, 0) is 38.5 Å². The van der Waals surface area contributed by atoms with Gasteiger partial charge < -0.3 is 9.64 Å². The van der Waals surface area contributed by atoms with Crippen LogP contribution in [-0.4, -0.2) is 38.9 Å². The van der Waals surface area contributed by atoms with Gasteiger partial charge in [-0.1, -0.05) is 6.07 Å². The summed E-state index contributed by atoms with van der Waals surface area (Å²) in [6, 6.07) is 4.50. The summed E-state index contributed by atoms with van der Waals surface area (Å²) in [5.74, 6) is -0.221. The highest BCUT2D eigenvalue weighted by atomic mass is 32.2. The van der Waals surface area contributed by atoms with Crippen LogP contribution >= 0.6 is 0 Å². The van der Waals surface area contributed by atoms with Crippen molar-refractivity contribution in [3.8, 4) is 0 Å². The molecule has 0 aliphatic heterocycles. The van der Waals surface area contributed by atoms with Crippen LogP contribution in [0.2, 0.25) is 0 Å². The van der Waals surface area contributed by atoms with Crippen molar-refractivity contribution in [3.63, 3.8) is 0 Å². The number of hydrogen-bond acceptors (Lipinski definition) is 4. The van der Waals surface area contributed by atoms with Crippen molar-refractivity contribution in [1.29, 1.82) is 0 Å². The molecule has 0 fully saturated rings. The Morgan fingerprint density at radius 3 is 2.43 bits per heavy atom. The van der Waals surface area contributed by atoms with Gasteiger partial charge in [0.1, 0.15) is 0 Å². The Balaban J connectivity index is 3.31. The summed E-state index contributed by atoms with van der Waals surface area (Å²) in [4.78, 5) is 14.0. The average Bonchev–Trinajstić information content (AvgIpc) is 2.38. The summed E-state index contributed by atoms with van der Waals surface area (Å²) >= 11 is 0. The van der Waals surface area contributed by atoms with Gasteiger partial charge in [0.15, 0.2) is 0 Å². The Hall–Kier alpha value is -1.44. The van der Waals surface area contributed by atoms with E-state index in [-0.39, 0.29) is 23.5 Å². The zero-order valence-corrected chi connectivity index (χ0v) is 13.6.